The summed E-state index contributed by atoms with van der Waals surface area (Å²) in [7, 11) is 0. The molecule has 108 valence electrons. The Morgan fingerprint density at radius 3 is 2.38 bits per heavy atom. The van der Waals surface area contributed by atoms with Crippen molar-refractivity contribution >= 4 is 0 Å². The lowest BCUT2D eigenvalue weighted by Gasteiger charge is -2.25. The summed E-state index contributed by atoms with van der Waals surface area (Å²) in [6, 6.07) is 7.91. The second-order valence-corrected chi connectivity index (χ2v) is 6.12. The topological polar surface area (TPSA) is 16.1 Å². The minimum atomic E-state index is -0.834. The van der Waals surface area contributed by atoms with Crippen LogP contribution in [0.2, 0.25) is 0 Å². The third kappa shape index (κ3) is 2.05. The van der Waals surface area contributed by atoms with E-state index in [2.05, 4.69) is 16.0 Å². The minimum Gasteiger partial charge on any atom is -0.302 e. The van der Waals surface area contributed by atoms with E-state index in [1.54, 1.807) is 6.07 Å². The van der Waals surface area contributed by atoms with Crippen LogP contribution in [0.3, 0.4) is 0 Å². The van der Waals surface area contributed by atoms with Gasteiger partial charge in [-0.2, -0.15) is 0 Å². The van der Waals surface area contributed by atoms with Crippen molar-refractivity contribution < 1.29 is 8.78 Å². The van der Waals surface area contributed by atoms with Gasteiger partial charge in [0.2, 0.25) is 0 Å². The molecule has 2 aliphatic rings. The molecule has 2 bridgehead atoms. The van der Waals surface area contributed by atoms with E-state index in [0.717, 1.165) is 12.6 Å². The molecule has 2 aliphatic heterocycles. The average molecular weight is 286 g/mol. The highest BCUT2D eigenvalue weighted by Crippen LogP contribution is 2.43. The van der Waals surface area contributed by atoms with Gasteiger partial charge in [0.05, 0.1) is 5.69 Å². The van der Waals surface area contributed by atoms with Gasteiger partial charge in [-0.05, 0) is 55.8 Å². The van der Waals surface area contributed by atoms with Crippen LogP contribution in [-0.4, -0.2) is 29.5 Å². The van der Waals surface area contributed by atoms with Crippen molar-refractivity contribution in [2.45, 2.75) is 18.3 Å². The molecule has 0 atom stereocenters. The number of aromatic nitrogens is 1. The number of pyridine rings is 1. The summed E-state index contributed by atoms with van der Waals surface area (Å²) in [6.07, 6.45) is 4.30. The molecule has 2 nitrogen and oxygen atoms in total. The van der Waals surface area contributed by atoms with Crippen molar-refractivity contribution in [2.24, 2.45) is 0 Å². The number of rotatable bonds is 2. The predicted octanol–water partition coefficient (Wildman–Crippen LogP) is 3.37. The molecule has 2 aromatic rings. The van der Waals surface area contributed by atoms with Crippen LogP contribution in [0.5, 0.6) is 0 Å². The molecule has 4 rings (SSSR count). The van der Waals surface area contributed by atoms with Crippen LogP contribution in [-0.2, 0) is 5.41 Å². The second-order valence-electron chi connectivity index (χ2n) is 6.12. The van der Waals surface area contributed by atoms with Gasteiger partial charge in [-0.15, -0.1) is 0 Å². The van der Waals surface area contributed by atoms with Crippen molar-refractivity contribution in [1.29, 1.82) is 0 Å². The lowest BCUT2D eigenvalue weighted by molar-refractivity contribution is 0.364. The Hall–Kier alpha value is -1.81. The zero-order valence-corrected chi connectivity index (χ0v) is 11.6. The number of fused-ring (bicyclic) bond motifs is 2. The number of hydrogen-bond acceptors (Lipinski definition) is 2. The van der Waals surface area contributed by atoms with Gasteiger partial charge >= 0.3 is 0 Å². The Kier molecular flexibility index (Phi) is 2.82. The Morgan fingerprint density at radius 1 is 1.00 bits per heavy atom. The zero-order chi connectivity index (χ0) is 14.4. The fourth-order valence-corrected chi connectivity index (χ4v) is 3.64. The number of hydrogen-bond donors (Lipinski definition) is 0. The first-order valence-corrected chi connectivity index (χ1v) is 7.31. The van der Waals surface area contributed by atoms with E-state index >= 15 is 0 Å². The quantitative estimate of drug-likeness (QED) is 0.841. The van der Waals surface area contributed by atoms with Gasteiger partial charge in [0.25, 0.3) is 0 Å². The summed E-state index contributed by atoms with van der Waals surface area (Å²) in [5.41, 5.74) is 2.83. The van der Waals surface area contributed by atoms with E-state index in [-0.39, 0.29) is 5.41 Å². The minimum absolute atomic E-state index is 0.263. The van der Waals surface area contributed by atoms with Crippen molar-refractivity contribution in [3.63, 3.8) is 0 Å². The van der Waals surface area contributed by atoms with Crippen LogP contribution in [0.25, 0.3) is 11.3 Å². The number of piperidine rings is 1. The van der Waals surface area contributed by atoms with Crippen LogP contribution in [0.4, 0.5) is 8.78 Å². The second kappa shape index (κ2) is 4.60. The summed E-state index contributed by atoms with van der Waals surface area (Å²) < 4.78 is 26.3. The molecule has 0 saturated carbocycles. The molecule has 4 heteroatoms. The van der Waals surface area contributed by atoms with Crippen molar-refractivity contribution in [1.82, 2.24) is 9.88 Å². The number of nitrogens with zero attached hydrogens (tertiary/aromatic N) is 2. The average Bonchev–Trinajstić information content (AvgIpc) is 3.12. The Balaban J connectivity index is 1.66. The van der Waals surface area contributed by atoms with E-state index in [9.17, 15) is 8.78 Å². The Labute approximate surface area is 122 Å². The number of halogens is 2. The van der Waals surface area contributed by atoms with Gasteiger partial charge in [-0.25, -0.2) is 8.78 Å². The molecule has 2 saturated heterocycles. The highest BCUT2D eigenvalue weighted by molar-refractivity contribution is 5.59. The first-order valence-electron chi connectivity index (χ1n) is 7.31. The highest BCUT2D eigenvalue weighted by atomic mass is 19.2. The van der Waals surface area contributed by atoms with E-state index in [1.807, 2.05) is 12.3 Å². The number of benzene rings is 1. The normalized spacial score (nSPS) is 27.2. The van der Waals surface area contributed by atoms with Gasteiger partial charge in [-0.3, -0.25) is 4.98 Å². The lowest BCUT2D eigenvalue weighted by atomic mass is 9.78. The fourth-order valence-electron chi connectivity index (χ4n) is 3.64. The first kappa shape index (κ1) is 12.9. The molecule has 0 N–H and O–H groups in total. The van der Waals surface area contributed by atoms with Crippen LogP contribution in [0.15, 0.2) is 36.5 Å². The van der Waals surface area contributed by atoms with E-state index < -0.39 is 11.6 Å². The Morgan fingerprint density at radius 2 is 1.81 bits per heavy atom. The molecule has 1 aromatic carbocycles. The smallest absolute Gasteiger partial charge is 0.159 e. The monoisotopic (exact) mass is 286 g/mol. The molecular formula is C17H16F2N2. The maximum absolute atomic E-state index is 13.3. The summed E-state index contributed by atoms with van der Waals surface area (Å²) in [5, 5.41) is 0. The summed E-state index contributed by atoms with van der Waals surface area (Å²) in [6.45, 7) is 3.47. The summed E-state index contributed by atoms with van der Waals surface area (Å²) >= 11 is 0. The molecule has 21 heavy (non-hydrogen) atoms. The van der Waals surface area contributed by atoms with Crippen LogP contribution >= 0.6 is 0 Å². The fraction of sp³-hybridized carbons (Fsp3) is 0.353. The zero-order valence-electron chi connectivity index (χ0n) is 11.6. The van der Waals surface area contributed by atoms with E-state index in [0.29, 0.717) is 11.3 Å². The molecule has 3 heterocycles. The molecule has 0 unspecified atom stereocenters. The van der Waals surface area contributed by atoms with Gasteiger partial charge in [0.15, 0.2) is 11.6 Å². The van der Waals surface area contributed by atoms with Crippen LogP contribution in [0, 0.1) is 11.6 Å². The molecule has 1 aromatic heterocycles. The SMILES string of the molecule is Fc1ccc(-c2ccc(C34CCN(CC3)C4)cn2)cc1F. The molecule has 0 spiro atoms. The van der Waals surface area contributed by atoms with E-state index in [4.69, 9.17) is 0 Å². The van der Waals surface area contributed by atoms with Gasteiger partial charge in [-0.1, -0.05) is 6.07 Å². The van der Waals surface area contributed by atoms with Crippen molar-refractivity contribution in [3.8, 4) is 11.3 Å². The molecule has 0 amide bonds. The standard InChI is InChI=1S/C17H16F2N2/c18-14-3-1-12(9-15(14)19)16-4-2-13(10-20-16)17-5-7-21(11-17)8-6-17/h1-4,9-10H,5-8,11H2. The third-order valence-corrected chi connectivity index (χ3v) is 4.93. The van der Waals surface area contributed by atoms with Gasteiger partial charge < -0.3 is 4.90 Å². The van der Waals surface area contributed by atoms with Crippen LogP contribution in [0.1, 0.15) is 18.4 Å². The maximum Gasteiger partial charge on any atom is 0.159 e. The summed E-state index contributed by atoms with van der Waals surface area (Å²) in [4.78, 5) is 6.96. The highest BCUT2D eigenvalue weighted by Gasteiger charge is 2.44. The first-order chi connectivity index (χ1) is 10.2. The van der Waals surface area contributed by atoms with Crippen molar-refractivity contribution in [2.75, 3.05) is 19.6 Å². The molecule has 2 fully saturated rings. The molecule has 0 aliphatic carbocycles. The maximum atomic E-state index is 13.3. The lowest BCUT2D eigenvalue weighted by Crippen LogP contribution is -2.24. The predicted molar refractivity (Wildman–Crippen MR) is 76.9 cm³/mol. The third-order valence-electron chi connectivity index (χ3n) is 4.93. The Bertz CT molecular complexity index is 674. The van der Waals surface area contributed by atoms with E-state index in [1.165, 1.54) is 37.6 Å². The summed E-state index contributed by atoms with van der Waals surface area (Å²) in [5.74, 6) is -1.66. The molecular weight excluding hydrogens is 270 g/mol. The van der Waals surface area contributed by atoms with Gasteiger partial charge in [0.1, 0.15) is 0 Å². The van der Waals surface area contributed by atoms with Gasteiger partial charge in [0, 0.05) is 23.7 Å². The largest absolute Gasteiger partial charge is 0.302 e. The van der Waals surface area contributed by atoms with Crippen molar-refractivity contribution in [3.05, 3.63) is 53.7 Å². The molecule has 0 radical (unpaired) electrons. The van der Waals surface area contributed by atoms with Crippen LogP contribution < -0.4 is 0 Å².